The summed E-state index contributed by atoms with van der Waals surface area (Å²) in [6.07, 6.45) is 3.58. The Morgan fingerprint density at radius 2 is 1.78 bits per heavy atom. The molecule has 27 heavy (non-hydrogen) atoms. The molecule has 0 bridgehead atoms. The van der Waals surface area contributed by atoms with Gasteiger partial charge in [0.15, 0.2) is 3.95 Å². The molecule has 0 aliphatic heterocycles. The first-order valence-corrected chi connectivity index (χ1v) is 10.5. The Hall–Kier alpha value is -2.11. The number of ether oxygens (including phenoxy) is 1. The minimum absolute atomic E-state index is 0.163. The smallest absolute Gasteiger partial charge is 0.197 e. The van der Waals surface area contributed by atoms with Crippen molar-refractivity contribution >= 4 is 23.6 Å². The van der Waals surface area contributed by atoms with E-state index in [4.69, 9.17) is 21.8 Å². The van der Waals surface area contributed by atoms with Crippen LogP contribution in [-0.2, 0) is 0 Å². The Morgan fingerprint density at radius 1 is 1.04 bits per heavy atom. The molecular weight excluding hydrogens is 374 g/mol. The van der Waals surface area contributed by atoms with Crippen LogP contribution < -0.4 is 9.57 Å². The third kappa shape index (κ3) is 3.66. The molecule has 140 valence electrons. The first kappa shape index (κ1) is 18.3. The molecule has 0 N–H and O–H groups in total. The van der Waals surface area contributed by atoms with Crippen LogP contribution in [0.5, 0.6) is 5.75 Å². The number of thiazole rings is 1. The summed E-state index contributed by atoms with van der Waals surface area (Å²) in [5, 5.41) is 0. The summed E-state index contributed by atoms with van der Waals surface area (Å²) >= 11 is 7.23. The van der Waals surface area contributed by atoms with E-state index in [1.165, 1.54) is 12.0 Å². The fourth-order valence-electron chi connectivity index (χ4n) is 3.83. The van der Waals surface area contributed by atoms with Gasteiger partial charge in [0.25, 0.3) is 0 Å². The molecule has 1 heterocycles. The number of aromatic nitrogens is 1. The van der Waals surface area contributed by atoms with Crippen molar-refractivity contribution in [2.45, 2.75) is 38.2 Å². The van der Waals surface area contributed by atoms with Crippen LogP contribution in [0.4, 0.5) is 0 Å². The molecule has 1 saturated carbocycles. The van der Waals surface area contributed by atoms with Crippen molar-refractivity contribution in [1.29, 1.82) is 0 Å². The summed E-state index contributed by atoms with van der Waals surface area (Å²) in [4.78, 5) is 7.60. The highest BCUT2D eigenvalue weighted by Gasteiger charge is 2.31. The van der Waals surface area contributed by atoms with Gasteiger partial charge in [0.1, 0.15) is 11.9 Å². The minimum atomic E-state index is 0.163. The van der Waals surface area contributed by atoms with Gasteiger partial charge < -0.3 is 9.57 Å². The van der Waals surface area contributed by atoms with Crippen LogP contribution in [0.3, 0.4) is 0 Å². The summed E-state index contributed by atoms with van der Waals surface area (Å²) in [5.41, 5.74) is 3.56. The fraction of sp³-hybridized carbons (Fsp3) is 0.318. The highest BCUT2D eigenvalue weighted by molar-refractivity contribution is 7.73. The van der Waals surface area contributed by atoms with E-state index in [1.807, 2.05) is 16.9 Å². The number of hydrogen-bond acceptors (Lipinski definition) is 4. The van der Waals surface area contributed by atoms with Gasteiger partial charge in [-0.05, 0) is 73.8 Å². The third-order valence-corrected chi connectivity index (χ3v) is 6.75. The van der Waals surface area contributed by atoms with Crippen molar-refractivity contribution in [3.63, 3.8) is 0 Å². The first-order chi connectivity index (χ1) is 13.2. The Morgan fingerprint density at radius 3 is 2.48 bits per heavy atom. The van der Waals surface area contributed by atoms with Gasteiger partial charge in [-0.1, -0.05) is 30.3 Å². The van der Waals surface area contributed by atoms with Gasteiger partial charge in [-0.15, -0.1) is 11.3 Å². The van der Waals surface area contributed by atoms with Gasteiger partial charge in [-0.3, -0.25) is 0 Å². The lowest BCUT2D eigenvalue weighted by Gasteiger charge is -2.22. The van der Waals surface area contributed by atoms with E-state index in [-0.39, 0.29) is 6.10 Å². The zero-order valence-electron chi connectivity index (χ0n) is 15.6. The standard InChI is InChI=1S/C22H23NO2S2/c1-15-21(17-11-13-18(24-2)14-12-17)27-22(26)23(15)25-20-10-6-9-19(20)16-7-4-3-5-8-16/h3-5,7-8,11-14,19-20H,6,9-10H2,1-2H3/t19-,20-/m1/s1. The Bertz CT molecular complexity index is 960. The van der Waals surface area contributed by atoms with E-state index in [2.05, 4.69) is 49.4 Å². The fourth-order valence-corrected chi connectivity index (χ4v) is 5.19. The zero-order valence-corrected chi connectivity index (χ0v) is 17.2. The monoisotopic (exact) mass is 397 g/mol. The van der Waals surface area contributed by atoms with Crippen molar-refractivity contribution in [3.05, 3.63) is 69.8 Å². The molecule has 5 heteroatoms. The van der Waals surface area contributed by atoms with E-state index in [0.29, 0.717) is 5.92 Å². The van der Waals surface area contributed by atoms with Crippen molar-refractivity contribution in [2.75, 3.05) is 7.11 Å². The van der Waals surface area contributed by atoms with Crippen molar-refractivity contribution in [2.24, 2.45) is 0 Å². The Kier molecular flexibility index (Phi) is 5.32. The molecule has 2 atom stereocenters. The molecule has 0 spiro atoms. The molecule has 1 fully saturated rings. The van der Waals surface area contributed by atoms with Crippen LogP contribution in [0.15, 0.2) is 54.6 Å². The molecule has 1 aromatic heterocycles. The number of benzene rings is 2. The zero-order chi connectivity index (χ0) is 18.8. The second kappa shape index (κ2) is 7.87. The molecule has 0 radical (unpaired) electrons. The van der Waals surface area contributed by atoms with E-state index < -0.39 is 0 Å². The normalized spacial score (nSPS) is 19.2. The molecule has 1 aliphatic carbocycles. The molecule has 4 rings (SSSR count). The molecule has 1 aliphatic rings. The number of nitrogens with zero attached hydrogens (tertiary/aromatic N) is 1. The lowest BCUT2D eigenvalue weighted by atomic mass is 9.96. The van der Waals surface area contributed by atoms with Gasteiger partial charge in [0.2, 0.25) is 0 Å². The summed E-state index contributed by atoms with van der Waals surface area (Å²) in [6, 6.07) is 18.8. The average molecular weight is 398 g/mol. The molecule has 0 saturated heterocycles. The van der Waals surface area contributed by atoms with E-state index in [1.54, 1.807) is 18.4 Å². The number of rotatable bonds is 5. The van der Waals surface area contributed by atoms with E-state index in [0.717, 1.165) is 38.7 Å². The van der Waals surface area contributed by atoms with Gasteiger partial charge in [-0.2, -0.15) is 4.73 Å². The highest BCUT2D eigenvalue weighted by Crippen LogP contribution is 2.37. The maximum absolute atomic E-state index is 6.45. The van der Waals surface area contributed by atoms with Gasteiger partial charge in [0, 0.05) is 5.92 Å². The van der Waals surface area contributed by atoms with E-state index >= 15 is 0 Å². The topological polar surface area (TPSA) is 23.4 Å². The maximum Gasteiger partial charge on any atom is 0.197 e. The van der Waals surface area contributed by atoms with Crippen LogP contribution in [0, 0.1) is 10.9 Å². The van der Waals surface area contributed by atoms with E-state index in [9.17, 15) is 0 Å². The van der Waals surface area contributed by atoms with Crippen LogP contribution >= 0.6 is 23.6 Å². The SMILES string of the molecule is COc1ccc(-c2sc(=S)n(O[C@@H]3CCC[C@@H]3c3ccccc3)c2C)cc1. The van der Waals surface area contributed by atoms with Crippen LogP contribution in [0.1, 0.15) is 36.4 Å². The molecule has 0 unspecified atom stereocenters. The van der Waals surface area contributed by atoms with Crippen LogP contribution in [0.2, 0.25) is 0 Å². The predicted octanol–water partition coefficient (Wildman–Crippen LogP) is 6.03. The van der Waals surface area contributed by atoms with Crippen molar-refractivity contribution in [1.82, 2.24) is 4.73 Å². The minimum Gasteiger partial charge on any atom is -0.497 e. The molecule has 3 aromatic rings. The summed E-state index contributed by atoms with van der Waals surface area (Å²) in [5.74, 6) is 1.28. The first-order valence-electron chi connectivity index (χ1n) is 9.26. The highest BCUT2D eigenvalue weighted by atomic mass is 32.1. The molecule has 0 amide bonds. The maximum atomic E-state index is 6.45. The lowest BCUT2D eigenvalue weighted by Crippen LogP contribution is -2.28. The van der Waals surface area contributed by atoms with Crippen LogP contribution in [0.25, 0.3) is 10.4 Å². The Balaban J connectivity index is 1.61. The van der Waals surface area contributed by atoms with Gasteiger partial charge in [0.05, 0.1) is 17.7 Å². The molecular formula is C22H23NO2S2. The third-order valence-electron chi connectivity index (χ3n) is 5.26. The molecule has 2 aromatic carbocycles. The second-order valence-corrected chi connectivity index (χ2v) is 8.54. The number of methoxy groups -OCH3 is 1. The van der Waals surface area contributed by atoms with Gasteiger partial charge >= 0.3 is 0 Å². The van der Waals surface area contributed by atoms with Crippen LogP contribution in [-0.4, -0.2) is 17.9 Å². The largest absolute Gasteiger partial charge is 0.497 e. The van der Waals surface area contributed by atoms with Gasteiger partial charge in [-0.25, -0.2) is 0 Å². The average Bonchev–Trinajstić information content (AvgIpc) is 3.29. The summed E-state index contributed by atoms with van der Waals surface area (Å²) in [6.45, 7) is 2.08. The molecule has 3 nitrogen and oxygen atoms in total. The quantitative estimate of drug-likeness (QED) is 0.491. The van der Waals surface area contributed by atoms with Crippen molar-refractivity contribution < 1.29 is 9.57 Å². The number of hydrogen-bond donors (Lipinski definition) is 0. The lowest BCUT2D eigenvalue weighted by molar-refractivity contribution is 0.0272. The second-order valence-electron chi connectivity index (χ2n) is 6.90. The predicted molar refractivity (Wildman–Crippen MR) is 113 cm³/mol. The Labute approximate surface area is 169 Å². The summed E-state index contributed by atoms with van der Waals surface area (Å²) in [7, 11) is 1.68. The summed E-state index contributed by atoms with van der Waals surface area (Å²) < 4.78 is 7.89. The van der Waals surface area contributed by atoms with Crippen molar-refractivity contribution in [3.8, 4) is 16.2 Å².